The first-order valence-electron chi connectivity index (χ1n) is 6.25. The van der Waals surface area contributed by atoms with Crippen LogP contribution in [0.2, 0.25) is 0 Å². The van der Waals surface area contributed by atoms with Crippen LogP contribution in [0.4, 0.5) is 0 Å². The van der Waals surface area contributed by atoms with Gasteiger partial charge in [-0.15, -0.1) is 0 Å². The fourth-order valence-electron chi connectivity index (χ4n) is 1.80. The van der Waals surface area contributed by atoms with Gasteiger partial charge in [0.05, 0.1) is 5.71 Å². The van der Waals surface area contributed by atoms with E-state index in [9.17, 15) is 0 Å². The van der Waals surface area contributed by atoms with Gasteiger partial charge in [0.25, 0.3) is 0 Å². The molecule has 4 heteroatoms. The zero-order valence-electron chi connectivity index (χ0n) is 11.2. The summed E-state index contributed by atoms with van der Waals surface area (Å²) in [6.45, 7) is 0. The average Bonchev–Trinajstić information content (AvgIpc) is 2.57. The zero-order chi connectivity index (χ0) is 15.1. The van der Waals surface area contributed by atoms with Crippen LogP contribution >= 0.6 is 0 Å². The van der Waals surface area contributed by atoms with Crippen LogP contribution in [0.15, 0.2) is 77.1 Å². The maximum absolute atomic E-state index is 9.12. The first-order valence-corrected chi connectivity index (χ1v) is 6.25. The number of hydrogen-bond acceptors (Lipinski definition) is 4. The third kappa shape index (κ3) is 3.34. The molecule has 0 unspecified atom stereocenters. The maximum Gasteiger partial charge on any atom is 0.175 e. The molecule has 2 aromatic rings. The van der Waals surface area contributed by atoms with Crippen LogP contribution in [0.1, 0.15) is 11.1 Å². The summed E-state index contributed by atoms with van der Waals surface area (Å²) < 4.78 is 0. The highest BCUT2D eigenvalue weighted by molar-refractivity contribution is 6.13. The van der Waals surface area contributed by atoms with Crippen molar-refractivity contribution in [2.75, 3.05) is 0 Å². The third-order valence-electron chi connectivity index (χ3n) is 2.80. The van der Waals surface area contributed by atoms with Gasteiger partial charge in [0.1, 0.15) is 17.8 Å². The molecule has 0 amide bonds. The number of nitriles is 2. The molecule has 0 aliphatic carbocycles. The van der Waals surface area contributed by atoms with Crippen LogP contribution in [0.25, 0.3) is 0 Å². The Balaban J connectivity index is 2.64. The Hall–Kier alpha value is -3.37. The van der Waals surface area contributed by atoms with E-state index < -0.39 is 0 Å². The molecule has 0 radical (unpaired) electrons. The van der Waals surface area contributed by atoms with Crippen molar-refractivity contribution in [1.29, 1.82) is 10.5 Å². The van der Waals surface area contributed by atoms with Crippen LogP contribution in [0.5, 0.6) is 0 Å². The first-order chi connectivity index (χ1) is 10.3. The Labute approximate surface area is 123 Å². The quantitative estimate of drug-likeness (QED) is 0.688. The van der Waals surface area contributed by atoms with Gasteiger partial charge in [0, 0.05) is 11.1 Å². The lowest BCUT2D eigenvalue weighted by molar-refractivity contribution is 1.26. The molecule has 2 aromatic carbocycles. The molecular weight excluding hydrogens is 260 g/mol. The highest BCUT2D eigenvalue weighted by Gasteiger charge is 2.09. The molecule has 0 atom stereocenters. The standard InChI is InChI=1S/C17H12N4/c18-11-15(20)16(12-19)21-17(13-7-3-1-4-8-13)14-9-5-2-6-10-14/h1-10H,20H2. The number of hydrogen-bond donors (Lipinski definition) is 1. The van der Waals surface area contributed by atoms with E-state index in [1.165, 1.54) is 0 Å². The molecule has 0 spiro atoms. The van der Waals surface area contributed by atoms with E-state index in [0.717, 1.165) is 11.1 Å². The molecule has 21 heavy (non-hydrogen) atoms. The molecule has 0 saturated carbocycles. The van der Waals surface area contributed by atoms with Crippen molar-refractivity contribution < 1.29 is 0 Å². The van der Waals surface area contributed by atoms with Gasteiger partial charge < -0.3 is 5.73 Å². The van der Waals surface area contributed by atoms with Crippen LogP contribution < -0.4 is 5.73 Å². The van der Waals surface area contributed by atoms with Gasteiger partial charge in [-0.2, -0.15) is 10.5 Å². The molecule has 100 valence electrons. The highest BCUT2D eigenvalue weighted by Crippen LogP contribution is 2.14. The minimum Gasteiger partial charge on any atom is -0.388 e. The summed E-state index contributed by atoms with van der Waals surface area (Å²) in [7, 11) is 0. The van der Waals surface area contributed by atoms with E-state index in [1.807, 2.05) is 66.7 Å². The second-order valence-electron chi connectivity index (χ2n) is 4.18. The Morgan fingerprint density at radius 2 is 1.29 bits per heavy atom. The second-order valence-corrected chi connectivity index (χ2v) is 4.18. The van der Waals surface area contributed by atoms with E-state index in [4.69, 9.17) is 16.3 Å². The van der Waals surface area contributed by atoms with E-state index in [0.29, 0.717) is 5.71 Å². The normalized spacial score (nSPS) is 10.8. The van der Waals surface area contributed by atoms with Crippen LogP contribution in [0.3, 0.4) is 0 Å². The molecule has 0 aromatic heterocycles. The van der Waals surface area contributed by atoms with Gasteiger partial charge >= 0.3 is 0 Å². The number of nitrogens with two attached hydrogens (primary N) is 1. The lowest BCUT2D eigenvalue weighted by Crippen LogP contribution is -2.06. The van der Waals surface area contributed by atoms with E-state index in [1.54, 1.807) is 6.07 Å². The van der Waals surface area contributed by atoms with Gasteiger partial charge in [-0.05, 0) is 0 Å². The van der Waals surface area contributed by atoms with Gasteiger partial charge in [0.15, 0.2) is 5.70 Å². The molecule has 0 bridgehead atoms. The summed E-state index contributed by atoms with van der Waals surface area (Å²) in [5, 5.41) is 18.0. The van der Waals surface area contributed by atoms with E-state index in [-0.39, 0.29) is 11.4 Å². The summed E-state index contributed by atoms with van der Waals surface area (Å²) in [6, 6.07) is 22.5. The number of aliphatic imine (C=N–C) groups is 1. The van der Waals surface area contributed by atoms with Crippen molar-refractivity contribution in [3.05, 3.63) is 83.2 Å². The molecule has 0 fully saturated rings. The van der Waals surface area contributed by atoms with Gasteiger partial charge in [-0.25, -0.2) is 4.99 Å². The zero-order valence-corrected chi connectivity index (χ0v) is 11.2. The third-order valence-corrected chi connectivity index (χ3v) is 2.80. The molecular formula is C17H12N4. The fraction of sp³-hybridized carbons (Fsp3) is 0. The van der Waals surface area contributed by atoms with Gasteiger partial charge in [-0.1, -0.05) is 60.7 Å². The molecule has 0 saturated heterocycles. The number of nitrogens with zero attached hydrogens (tertiary/aromatic N) is 3. The Morgan fingerprint density at radius 3 is 1.67 bits per heavy atom. The van der Waals surface area contributed by atoms with Crippen molar-refractivity contribution in [1.82, 2.24) is 0 Å². The van der Waals surface area contributed by atoms with Crippen molar-refractivity contribution in [3.8, 4) is 12.1 Å². The molecule has 0 heterocycles. The minimum absolute atomic E-state index is 0.0831. The minimum atomic E-state index is -0.193. The van der Waals surface area contributed by atoms with Crippen molar-refractivity contribution in [3.63, 3.8) is 0 Å². The molecule has 4 nitrogen and oxygen atoms in total. The number of allylic oxidation sites excluding steroid dienone is 2. The molecule has 0 aliphatic heterocycles. The highest BCUT2D eigenvalue weighted by atomic mass is 14.8. The van der Waals surface area contributed by atoms with Crippen molar-refractivity contribution in [2.45, 2.75) is 0 Å². The van der Waals surface area contributed by atoms with E-state index >= 15 is 0 Å². The van der Waals surface area contributed by atoms with E-state index in [2.05, 4.69) is 4.99 Å². The Bertz CT molecular complexity index is 718. The maximum atomic E-state index is 9.12. The summed E-state index contributed by atoms with van der Waals surface area (Å²) in [4.78, 5) is 4.29. The van der Waals surface area contributed by atoms with Crippen LogP contribution in [0, 0.1) is 22.7 Å². The van der Waals surface area contributed by atoms with Crippen molar-refractivity contribution in [2.24, 2.45) is 10.7 Å². The largest absolute Gasteiger partial charge is 0.388 e. The Morgan fingerprint density at radius 1 is 0.810 bits per heavy atom. The average molecular weight is 272 g/mol. The van der Waals surface area contributed by atoms with Gasteiger partial charge in [-0.3, -0.25) is 0 Å². The summed E-state index contributed by atoms with van der Waals surface area (Å²) in [6.07, 6.45) is 0. The smallest absolute Gasteiger partial charge is 0.175 e. The first kappa shape index (κ1) is 14.0. The Kier molecular flexibility index (Phi) is 4.48. The number of rotatable bonds is 3. The molecule has 2 rings (SSSR count). The second kappa shape index (κ2) is 6.70. The lowest BCUT2D eigenvalue weighted by Gasteiger charge is -2.07. The summed E-state index contributed by atoms with van der Waals surface area (Å²) >= 11 is 0. The predicted molar refractivity (Wildman–Crippen MR) is 81.0 cm³/mol. The topological polar surface area (TPSA) is 86.0 Å². The predicted octanol–water partition coefficient (Wildman–Crippen LogP) is 2.74. The van der Waals surface area contributed by atoms with Crippen LogP contribution in [-0.2, 0) is 0 Å². The van der Waals surface area contributed by atoms with Crippen LogP contribution in [-0.4, -0.2) is 5.71 Å². The fourth-order valence-corrected chi connectivity index (χ4v) is 1.80. The van der Waals surface area contributed by atoms with Crippen molar-refractivity contribution >= 4 is 5.71 Å². The monoisotopic (exact) mass is 272 g/mol. The molecule has 2 N–H and O–H groups in total. The number of benzene rings is 2. The lowest BCUT2D eigenvalue weighted by atomic mass is 10.0. The SMILES string of the molecule is N#CC(N)=C(C#N)N=C(c1ccccc1)c1ccccc1. The van der Waals surface area contributed by atoms with Gasteiger partial charge in [0.2, 0.25) is 0 Å². The summed E-state index contributed by atoms with van der Waals surface area (Å²) in [5.41, 5.74) is 7.55. The summed E-state index contributed by atoms with van der Waals surface area (Å²) in [5.74, 6) is 0. The molecule has 0 aliphatic rings.